The number of hydrogen-bond acceptors (Lipinski definition) is 3. The largest absolute Gasteiger partial charge is 0.436 e. The van der Waals surface area contributed by atoms with Crippen molar-refractivity contribution in [3.63, 3.8) is 0 Å². The van der Waals surface area contributed by atoms with E-state index in [1.54, 1.807) is 24.3 Å². The fourth-order valence-electron chi connectivity index (χ4n) is 3.76. The summed E-state index contributed by atoms with van der Waals surface area (Å²) in [6, 6.07) is 14.1. The molecule has 4 rings (SSSR count). The van der Waals surface area contributed by atoms with E-state index >= 15 is 0 Å². The fourth-order valence-corrected chi connectivity index (χ4v) is 3.76. The van der Waals surface area contributed by atoms with E-state index in [1.807, 2.05) is 24.3 Å². The van der Waals surface area contributed by atoms with Gasteiger partial charge in [-0.05, 0) is 49.2 Å². The zero-order valence-electron chi connectivity index (χ0n) is 15.0. The van der Waals surface area contributed by atoms with Crippen LogP contribution in [0, 0.1) is 11.8 Å². The summed E-state index contributed by atoms with van der Waals surface area (Å²) < 4.78 is 45.4. The van der Waals surface area contributed by atoms with Gasteiger partial charge in [-0.25, -0.2) is 4.98 Å². The van der Waals surface area contributed by atoms with Crippen molar-refractivity contribution in [1.82, 2.24) is 4.98 Å². The number of carbonyl (C=O) groups excluding carboxylic acids is 1. The minimum atomic E-state index is -4.35. The van der Waals surface area contributed by atoms with Crippen molar-refractivity contribution >= 4 is 22.7 Å². The predicted octanol–water partition coefficient (Wildman–Crippen LogP) is 5.80. The highest BCUT2D eigenvalue weighted by atomic mass is 19.4. The number of halogens is 3. The first-order chi connectivity index (χ1) is 13.4. The second-order valence-electron chi connectivity index (χ2n) is 7.09. The number of rotatable bonds is 3. The second kappa shape index (κ2) is 7.30. The lowest BCUT2D eigenvalue weighted by atomic mass is 9.78. The summed E-state index contributed by atoms with van der Waals surface area (Å²) in [6.07, 6.45) is -2.93. The van der Waals surface area contributed by atoms with Crippen LogP contribution in [0.25, 0.3) is 22.6 Å². The number of para-hydroxylation sites is 2. The van der Waals surface area contributed by atoms with E-state index in [1.165, 1.54) is 0 Å². The van der Waals surface area contributed by atoms with Gasteiger partial charge in [-0.3, -0.25) is 4.79 Å². The number of amides is 1. The third-order valence-electron chi connectivity index (χ3n) is 5.22. The molecule has 146 valence electrons. The van der Waals surface area contributed by atoms with Crippen molar-refractivity contribution < 1.29 is 22.4 Å². The van der Waals surface area contributed by atoms with Gasteiger partial charge in [0.1, 0.15) is 5.52 Å². The molecule has 1 saturated carbocycles. The number of alkyl halides is 3. The van der Waals surface area contributed by atoms with Gasteiger partial charge in [0.15, 0.2) is 5.58 Å². The van der Waals surface area contributed by atoms with E-state index in [9.17, 15) is 18.0 Å². The number of nitrogens with zero attached hydrogens (tertiary/aromatic N) is 1. The van der Waals surface area contributed by atoms with Crippen molar-refractivity contribution in [2.75, 3.05) is 5.32 Å². The SMILES string of the molecule is O=C(Nc1ccc(-c2nc3ccccc3o2)cc1)C1CCCCC1C(F)(F)F. The number of carbonyl (C=O) groups is 1. The average molecular weight is 388 g/mol. The highest BCUT2D eigenvalue weighted by Crippen LogP contribution is 2.42. The van der Waals surface area contributed by atoms with Gasteiger partial charge in [0, 0.05) is 17.2 Å². The number of oxazole rings is 1. The summed E-state index contributed by atoms with van der Waals surface area (Å²) in [5.74, 6) is -2.73. The first kappa shape index (κ1) is 18.5. The quantitative estimate of drug-likeness (QED) is 0.617. The van der Waals surface area contributed by atoms with E-state index < -0.39 is 23.9 Å². The van der Waals surface area contributed by atoms with E-state index in [2.05, 4.69) is 10.3 Å². The Morgan fingerprint density at radius 2 is 1.75 bits per heavy atom. The molecule has 3 aromatic rings. The molecule has 1 N–H and O–H groups in total. The maximum atomic E-state index is 13.2. The van der Waals surface area contributed by atoms with Gasteiger partial charge >= 0.3 is 6.18 Å². The van der Waals surface area contributed by atoms with Crippen LogP contribution in [0.4, 0.5) is 18.9 Å². The predicted molar refractivity (Wildman–Crippen MR) is 99.6 cm³/mol. The topological polar surface area (TPSA) is 55.1 Å². The summed E-state index contributed by atoms with van der Waals surface area (Å²) in [6.45, 7) is 0. The van der Waals surface area contributed by atoms with Crippen LogP contribution in [-0.4, -0.2) is 17.1 Å². The Hall–Kier alpha value is -2.83. The van der Waals surface area contributed by atoms with E-state index in [0.717, 1.165) is 11.1 Å². The summed E-state index contributed by atoms with van der Waals surface area (Å²) in [7, 11) is 0. The zero-order chi connectivity index (χ0) is 19.7. The third-order valence-corrected chi connectivity index (χ3v) is 5.22. The first-order valence-electron chi connectivity index (χ1n) is 9.25. The standard InChI is InChI=1S/C21H19F3N2O2/c22-21(23,24)16-6-2-1-5-15(16)19(27)25-14-11-9-13(10-12-14)20-26-17-7-3-4-8-18(17)28-20/h3-4,7-12,15-16H,1-2,5-6H2,(H,25,27). The molecule has 7 heteroatoms. The molecule has 1 aliphatic carbocycles. The van der Waals surface area contributed by atoms with E-state index in [-0.39, 0.29) is 12.8 Å². The molecule has 0 spiro atoms. The Balaban J connectivity index is 1.48. The number of hydrogen-bond donors (Lipinski definition) is 1. The molecule has 4 nitrogen and oxygen atoms in total. The minimum Gasteiger partial charge on any atom is -0.436 e. The zero-order valence-corrected chi connectivity index (χ0v) is 15.0. The van der Waals surface area contributed by atoms with Crippen LogP contribution in [-0.2, 0) is 4.79 Å². The van der Waals surface area contributed by atoms with Gasteiger partial charge in [-0.15, -0.1) is 0 Å². The number of anilines is 1. The van der Waals surface area contributed by atoms with Gasteiger partial charge in [0.25, 0.3) is 0 Å². The summed E-state index contributed by atoms with van der Waals surface area (Å²) in [5, 5.41) is 2.63. The maximum Gasteiger partial charge on any atom is 0.392 e. The molecule has 0 radical (unpaired) electrons. The molecule has 28 heavy (non-hydrogen) atoms. The van der Waals surface area contributed by atoms with Crippen LogP contribution in [0.1, 0.15) is 25.7 Å². The Bertz CT molecular complexity index is 946. The lowest BCUT2D eigenvalue weighted by molar-refractivity contribution is -0.197. The normalized spacial score (nSPS) is 20.2. The number of aromatic nitrogens is 1. The highest BCUT2D eigenvalue weighted by Gasteiger charge is 2.48. The van der Waals surface area contributed by atoms with Crippen LogP contribution in [0.5, 0.6) is 0 Å². The molecular formula is C21H19F3N2O2. The lowest BCUT2D eigenvalue weighted by Gasteiger charge is -2.32. The maximum absolute atomic E-state index is 13.2. The van der Waals surface area contributed by atoms with Gasteiger partial charge in [0.05, 0.1) is 5.92 Å². The van der Waals surface area contributed by atoms with Gasteiger partial charge in [0.2, 0.25) is 11.8 Å². The Kier molecular flexibility index (Phi) is 4.83. The summed E-state index contributed by atoms with van der Waals surface area (Å²) in [5.41, 5.74) is 2.59. The van der Waals surface area contributed by atoms with Crippen molar-refractivity contribution in [3.8, 4) is 11.5 Å². The molecule has 0 saturated heterocycles. The molecule has 0 bridgehead atoms. The third kappa shape index (κ3) is 3.74. The smallest absolute Gasteiger partial charge is 0.392 e. The van der Waals surface area contributed by atoms with Crippen LogP contribution < -0.4 is 5.32 Å². The molecule has 2 unspecified atom stereocenters. The number of benzene rings is 2. The van der Waals surface area contributed by atoms with Crippen LogP contribution in [0.2, 0.25) is 0 Å². The molecule has 2 atom stereocenters. The van der Waals surface area contributed by atoms with Crippen LogP contribution in [0.3, 0.4) is 0 Å². The molecule has 1 aromatic heterocycles. The fraction of sp³-hybridized carbons (Fsp3) is 0.333. The Morgan fingerprint density at radius 1 is 1.04 bits per heavy atom. The van der Waals surface area contributed by atoms with Crippen molar-refractivity contribution in [2.24, 2.45) is 11.8 Å². The van der Waals surface area contributed by atoms with Gasteiger partial charge < -0.3 is 9.73 Å². The molecule has 1 fully saturated rings. The van der Waals surface area contributed by atoms with Crippen molar-refractivity contribution in [3.05, 3.63) is 48.5 Å². The lowest BCUT2D eigenvalue weighted by Crippen LogP contribution is -2.39. The van der Waals surface area contributed by atoms with E-state index in [4.69, 9.17) is 4.42 Å². The van der Waals surface area contributed by atoms with Crippen LogP contribution in [0.15, 0.2) is 52.9 Å². The average Bonchev–Trinajstić information content (AvgIpc) is 3.12. The van der Waals surface area contributed by atoms with Gasteiger partial charge in [-0.2, -0.15) is 13.2 Å². The first-order valence-corrected chi connectivity index (χ1v) is 9.25. The molecule has 2 aromatic carbocycles. The second-order valence-corrected chi connectivity index (χ2v) is 7.09. The molecule has 0 aliphatic heterocycles. The Labute approximate surface area is 159 Å². The Morgan fingerprint density at radius 3 is 2.46 bits per heavy atom. The summed E-state index contributed by atoms with van der Waals surface area (Å²) in [4.78, 5) is 16.9. The molecule has 1 heterocycles. The van der Waals surface area contributed by atoms with E-state index in [0.29, 0.717) is 30.0 Å². The highest BCUT2D eigenvalue weighted by molar-refractivity contribution is 5.93. The molecule has 1 aliphatic rings. The number of fused-ring (bicyclic) bond motifs is 1. The molecule has 1 amide bonds. The monoisotopic (exact) mass is 388 g/mol. The summed E-state index contributed by atoms with van der Waals surface area (Å²) >= 11 is 0. The van der Waals surface area contributed by atoms with Crippen molar-refractivity contribution in [1.29, 1.82) is 0 Å². The number of nitrogens with one attached hydrogen (secondary N) is 1. The molecular weight excluding hydrogens is 369 g/mol. The minimum absolute atomic E-state index is 0.0121. The van der Waals surface area contributed by atoms with Crippen LogP contribution >= 0.6 is 0 Å². The van der Waals surface area contributed by atoms with Crippen molar-refractivity contribution in [2.45, 2.75) is 31.9 Å². The van der Waals surface area contributed by atoms with Gasteiger partial charge in [-0.1, -0.05) is 25.0 Å².